The second kappa shape index (κ2) is 6.01. The van der Waals surface area contributed by atoms with Crippen LogP contribution in [0.3, 0.4) is 0 Å². The Hall–Kier alpha value is -3.39. The van der Waals surface area contributed by atoms with E-state index in [-0.39, 0.29) is 17.7 Å². The number of fused-ring (bicyclic) bond motifs is 1. The van der Waals surface area contributed by atoms with Gasteiger partial charge in [0.1, 0.15) is 0 Å². The first-order chi connectivity index (χ1) is 11.5. The largest absolute Gasteiger partial charge is 0.478 e. The minimum Gasteiger partial charge on any atom is -0.478 e. The van der Waals surface area contributed by atoms with E-state index in [4.69, 9.17) is 0 Å². The van der Waals surface area contributed by atoms with Gasteiger partial charge in [0, 0.05) is 6.07 Å². The Morgan fingerprint density at radius 3 is 2.67 bits per heavy atom. The van der Waals surface area contributed by atoms with E-state index in [2.05, 4.69) is 6.07 Å². The summed E-state index contributed by atoms with van der Waals surface area (Å²) in [7, 11) is 0. The molecule has 3 aromatic rings. The average molecular weight is 318 g/mol. The first kappa shape index (κ1) is 15.5. The number of benzene rings is 2. The summed E-state index contributed by atoms with van der Waals surface area (Å²) in [6.45, 7) is 2.04. The molecule has 0 aliphatic heterocycles. The molecule has 0 saturated carbocycles. The van der Waals surface area contributed by atoms with Gasteiger partial charge in [-0.15, -0.1) is 0 Å². The predicted octanol–water partition coefficient (Wildman–Crippen LogP) is 2.93. The van der Waals surface area contributed by atoms with Crippen molar-refractivity contribution in [2.45, 2.75) is 13.5 Å². The number of pyridine rings is 1. The molecule has 1 aromatic heterocycles. The molecule has 0 radical (unpaired) electrons. The second-order valence-corrected chi connectivity index (χ2v) is 5.56. The van der Waals surface area contributed by atoms with Crippen LogP contribution in [0.25, 0.3) is 10.9 Å². The lowest BCUT2D eigenvalue weighted by molar-refractivity contribution is 0.0697. The highest BCUT2D eigenvalue weighted by molar-refractivity contribution is 5.94. The van der Waals surface area contributed by atoms with Crippen molar-refractivity contribution < 1.29 is 9.90 Å². The maximum absolute atomic E-state index is 12.4. The molecule has 24 heavy (non-hydrogen) atoms. The molecule has 0 aliphatic rings. The molecular formula is C19H14N2O3. The van der Waals surface area contributed by atoms with Gasteiger partial charge in [-0.1, -0.05) is 18.2 Å². The number of carboxylic acid groups (broad SMARTS) is 1. The van der Waals surface area contributed by atoms with E-state index in [0.717, 1.165) is 5.56 Å². The third kappa shape index (κ3) is 2.66. The molecular weight excluding hydrogens is 304 g/mol. The molecule has 0 aliphatic carbocycles. The molecule has 0 bridgehead atoms. The van der Waals surface area contributed by atoms with Crippen molar-refractivity contribution in [2.75, 3.05) is 0 Å². The van der Waals surface area contributed by atoms with Crippen LogP contribution in [-0.2, 0) is 6.54 Å². The molecule has 1 heterocycles. The van der Waals surface area contributed by atoms with Crippen LogP contribution in [0.1, 0.15) is 27.0 Å². The van der Waals surface area contributed by atoms with Crippen LogP contribution in [0.2, 0.25) is 0 Å². The number of carbonyl (C=O) groups is 1. The molecule has 1 N–H and O–H groups in total. The minimum atomic E-state index is -1.01. The molecule has 3 rings (SSSR count). The van der Waals surface area contributed by atoms with Gasteiger partial charge in [-0.2, -0.15) is 5.26 Å². The molecule has 0 unspecified atom stereocenters. The quantitative estimate of drug-likeness (QED) is 0.805. The summed E-state index contributed by atoms with van der Waals surface area (Å²) in [4.78, 5) is 23.6. The first-order valence-electron chi connectivity index (χ1n) is 7.37. The molecule has 5 heteroatoms. The summed E-state index contributed by atoms with van der Waals surface area (Å²) in [6, 6.07) is 15.4. The van der Waals surface area contributed by atoms with Crippen molar-refractivity contribution in [3.63, 3.8) is 0 Å². The van der Waals surface area contributed by atoms with Gasteiger partial charge in [-0.3, -0.25) is 4.79 Å². The fraction of sp³-hybridized carbons (Fsp3) is 0.105. The fourth-order valence-electron chi connectivity index (χ4n) is 2.88. The molecule has 0 saturated heterocycles. The Labute approximate surface area is 138 Å². The number of rotatable bonds is 3. The highest BCUT2D eigenvalue weighted by Gasteiger charge is 2.12. The number of nitriles is 1. The van der Waals surface area contributed by atoms with Gasteiger partial charge in [-0.05, 0) is 47.7 Å². The van der Waals surface area contributed by atoms with Crippen LogP contribution in [0.15, 0.2) is 53.3 Å². The van der Waals surface area contributed by atoms with E-state index in [1.54, 1.807) is 41.8 Å². The lowest BCUT2D eigenvalue weighted by Crippen LogP contribution is -2.21. The standard InChI is InChI=1S/C19H14N2O3/c1-12-8-16(19(23)24)9-13-6-7-17(22)21(18(12)13)11-15-5-3-2-4-14(15)10-20/h2-9H,11H2,1H3,(H,23,24). The molecule has 0 amide bonds. The van der Waals surface area contributed by atoms with E-state index >= 15 is 0 Å². The van der Waals surface area contributed by atoms with Crippen molar-refractivity contribution in [3.8, 4) is 6.07 Å². The van der Waals surface area contributed by atoms with Crippen LogP contribution >= 0.6 is 0 Å². The van der Waals surface area contributed by atoms with Crippen molar-refractivity contribution in [1.29, 1.82) is 5.26 Å². The normalized spacial score (nSPS) is 10.5. The van der Waals surface area contributed by atoms with Crippen molar-refractivity contribution in [3.05, 3.63) is 81.1 Å². The van der Waals surface area contributed by atoms with Crippen LogP contribution in [0.4, 0.5) is 0 Å². The van der Waals surface area contributed by atoms with Gasteiger partial charge in [0.2, 0.25) is 0 Å². The maximum Gasteiger partial charge on any atom is 0.335 e. The van der Waals surface area contributed by atoms with Gasteiger partial charge in [0.15, 0.2) is 0 Å². The fourth-order valence-corrected chi connectivity index (χ4v) is 2.88. The van der Waals surface area contributed by atoms with E-state index in [9.17, 15) is 20.0 Å². The van der Waals surface area contributed by atoms with Crippen LogP contribution < -0.4 is 5.56 Å². The number of hydrogen-bond donors (Lipinski definition) is 1. The summed E-state index contributed by atoms with van der Waals surface area (Å²) in [5, 5.41) is 19.1. The number of nitrogens with zero attached hydrogens (tertiary/aromatic N) is 2. The monoisotopic (exact) mass is 318 g/mol. The number of aromatic nitrogens is 1. The van der Waals surface area contributed by atoms with Crippen LogP contribution in [0, 0.1) is 18.3 Å². The second-order valence-electron chi connectivity index (χ2n) is 5.56. The Morgan fingerprint density at radius 2 is 1.96 bits per heavy atom. The van der Waals surface area contributed by atoms with Gasteiger partial charge >= 0.3 is 5.97 Å². The van der Waals surface area contributed by atoms with Crippen molar-refractivity contribution in [1.82, 2.24) is 4.57 Å². The molecule has 0 fully saturated rings. The number of aryl methyl sites for hydroxylation is 1. The zero-order valence-electron chi connectivity index (χ0n) is 13.0. The van der Waals surface area contributed by atoms with Gasteiger partial charge in [0.05, 0.1) is 29.3 Å². The van der Waals surface area contributed by atoms with E-state index in [1.807, 2.05) is 12.1 Å². The topological polar surface area (TPSA) is 83.1 Å². The summed E-state index contributed by atoms with van der Waals surface area (Å²) >= 11 is 0. The minimum absolute atomic E-state index is 0.183. The smallest absolute Gasteiger partial charge is 0.335 e. The van der Waals surface area contributed by atoms with Crippen LogP contribution in [-0.4, -0.2) is 15.6 Å². The van der Waals surface area contributed by atoms with E-state index in [0.29, 0.717) is 22.0 Å². The van der Waals surface area contributed by atoms with Gasteiger partial charge in [-0.25, -0.2) is 4.79 Å². The lowest BCUT2D eigenvalue weighted by atomic mass is 10.0. The summed E-state index contributed by atoms with van der Waals surface area (Å²) in [5.74, 6) is -1.01. The molecule has 5 nitrogen and oxygen atoms in total. The average Bonchev–Trinajstić information content (AvgIpc) is 2.57. The van der Waals surface area contributed by atoms with E-state index in [1.165, 1.54) is 6.07 Å². The molecule has 0 atom stereocenters. The number of aromatic carboxylic acids is 1. The number of carboxylic acids is 1. The highest BCUT2D eigenvalue weighted by atomic mass is 16.4. The zero-order valence-corrected chi connectivity index (χ0v) is 13.0. The third-order valence-corrected chi connectivity index (χ3v) is 3.98. The molecule has 118 valence electrons. The Kier molecular flexibility index (Phi) is 3.88. The van der Waals surface area contributed by atoms with Crippen molar-refractivity contribution >= 4 is 16.9 Å². The first-order valence-corrected chi connectivity index (χ1v) is 7.37. The number of hydrogen-bond acceptors (Lipinski definition) is 3. The van der Waals surface area contributed by atoms with Crippen LogP contribution in [0.5, 0.6) is 0 Å². The summed E-state index contributed by atoms with van der Waals surface area (Å²) < 4.78 is 1.58. The van der Waals surface area contributed by atoms with Crippen molar-refractivity contribution in [2.24, 2.45) is 0 Å². The Morgan fingerprint density at radius 1 is 1.21 bits per heavy atom. The Bertz CT molecular complexity index is 1060. The zero-order chi connectivity index (χ0) is 17.3. The SMILES string of the molecule is Cc1cc(C(=O)O)cc2ccc(=O)n(Cc3ccccc3C#N)c12. The Balaban J connectivity index is 2.25. The highest BCUT2D eigenvalue weighted by Crippen LogP contribution is 2.21. The van der Waals surface area contributed by atoms with E-state index < -0.39 is 5.97 Å². The molecule has 2 aromatic carbocycles. The molecule has 0 spiro atoms. The van der Waals surface area contributed by atoms with Gasteiger partial charge in [0.25, 0.3) is 5.56 Å². The summed E-state index contributed by atoms with van der Waals surface area (Å²) in [6.07, 6.45) is 0. The summed E-state index contributed by atoms with van der Waals surface area (Å²) in [5.41, 5.74) is 2.64. The maximum atomic E-state index is 12.4. The third-order valence-electron chi connectivity index (χ3n) is 3.98. The predicted molar refractivity (Wildman–Crippen MR) is 90.2 cm³/mol. The van der Waals surface area contributed by atoms with Gasteiger partial charge < -0.3 is 9.67 Å². The lowest BCUT2D eigenvalue weighted by Gasteiger charge is -2.14.